The maximum Gasteiger partial charge on any atom is 0.335 e. The van der Waals surface area contributed by atoms with E-state index in [0.29, 0.717) is 24.6 Å². The van der Waals surface area contributed by atoms with Gasteiger partial charge in [-0.2, -0.15) is 4.31 Å². The van der Waals surface area contributed by atoms with Gasteiger partial charge in [0, 0.05) is 13.1 Å². The van der Waals surface area contributed by atoms with Crippen molar-refractivity contribution in [3.8, 4) is 0 Å². The molecule has 0 radical (unpaired) electrons. The molecule has 21 heavy (non-hydrogen) atoms. The minimum absolute atomic E-state index is 0.00322. The largest absolute Gasteiger partial charge is 0.478 e. The van der Waals surface area contributed by atoms with Gasteiger partial charge in [-0.3, -0.25) is 0 Å². The molecule has 1 N–H and O–H groups in total. The van der Waals surface area contributed by atoms with Gasteiger partial charge in [-0.15, -0.1) is 0 Å². The zero-order valence-electron chi connectivity index (χ0n) is 12.4. The molecule has 2 rings (SSSR count). The molecule has 1 aliphatic heterocycles. The van der Waals surface area contributed by atoms with Gasteiger partial charge in [0.1, 0.15) is 0 Å². The summed E-state index contributed by atoms with van der Waals surface area (Å²) >= 11 is 0. The third-order valence-electron chi connectivity index (χ3n) is 4.00. The molecule has 0 saturated carbocycles. The number of sulfonamides is 1. The number of hydrogen-bond acceptors (Lipinski definition) is 3. The highest BCUT2D eigenvalue weighted by molar-refractivity contribution is 7.89. The Hall–Kier alpha value is -1.40. The van der Waals surface area contributed by atoms with Crippen molar-refractivity contribution in [3.63, 3.8) is 0 Å². The quantitative estimate of drug-likeness (QED) is 0.906. The van der Waals surface area contributed by atoms with Gasteiger partial charge in [0.2, 0.25) is 10.0 Å². The molecule has 5 nitrogen and oxygen atoms in total. The molecule has 1 unspecified atom stereocenters. The Kier molecular flexibility index (Phi) is 4.68. The van der Waals surface area contributed by atoms with Gasteiger partial charge >= 0.3 is 5.97 Å². The SMILES string of the molecule is CCCC1CCN(S(=O)(=O)c2cc(C(=O)O)ccc2C)C1. The van der Waals surface area contributed by atoms with Crippen molar-refractivity contribution >= 4 is 16.0 Å². The van der Waals surface area contributed by atoms with Crippen molar-refractivity contribution in [3.05, 3.63) is 29.3 Å². The van der Waals surface area contributed by atoms with Crippen molar-refractivity contribution in [2.45, 2.75) is 38.0 Å². The lowest BCUT2D eigenvalue weighted by Gasteiger charge is -2.18. The monoisotopic (exact) mass is 311 g/mol. The Morgan fingerprint density at radius 1 is 1.43 bits per heavy atom. The lowest BCUT2D eigenvalue weighted by atomic mass is 10.0. The second kappa shape index (κ2) is 6.15. The predicted molar refractivity (Wildman–Crippen MR) is 79.9 cm³/mol. The zero-order valence-corrected chi connectivity index (χ0v) is 13.2. The van der Waals surface area contributed by atoms with Crippen LogP contribution in [0.1, 0.15) is 42.1 Å². The number of aryl methyl sites for hydroxylation is 1. The highest BCUT2D eigenvalue weighted by atomic mass is 32.2. The molecule has 0 aromatic heterocycles. The summed E-state index contributed by atoms with van der Waals surface area (Å²) in [6, 6.07) is 4.25. The smallest absolute Gasteiger partial charge is 0.335 e. The molecule has 1 saturated heterocycles. The maximum atomic E-state index is 12.7. The summed E-state index contributed by atoms with van der Waals surface area (Å²) < 4.78 is 26.9. The zero-order chi connectivity index (χ0) is 15.6. The first-order valence-corrected chi connectivity index (χ1v) is 8.64. The van der Waals surface area contributed by atoms with Crippen LogP contribution in [0.2, 0.25) is 0 Å². The topological polar surface area (TPSA) is 74.7 Å². The molecule has 1 aromatic rings. The van der Waals surface area contributed by atoms with Gasteiger partial charge < -0.3 is 5.11 Å². The molecule has 1 fully saturated rings. The Labute approximate surface area is 125 Å². The highest BCUT2D eigenvalue weighted by Crippen LogP contribution is 2.28. The number of carboxylic acid groups (broad SMARTS) is 1. The summed E-state index contributed by atoms with van der Waals surface area (Å²) in [5.41, 5.74) is 0.586. The molecule has 0 amide bonds. The Balaban J connectivity index is 2.32. The first kappa shape index (κ1) is 16.0. The van der Waals surface area contributed by atoms with Crippen LogP contribution in [-0.2, 0) is 10.0 Å². The second-order valence-electron chi connectivity index (χ2n) is 5.59. The first-order chi connectivity index (χ1) is 9.86. The van der Waals surface area contributed by atoms with Crippen molar-refractivity contribution < 1.29 is 18.3 Å². The fourth-order valence-electron chi connectivity index (χ4n) is 2.81. The second-order valence-corrected chi connectivity index (χ2v) is 7.50. The van der Waals surface area contributed by atoms with Crippen LogP contribution < -0.4 is 0 Å². The lowest BCUT2D eigenvalue weighted by Crippen LogP contribution is -2.29. The maximum absolute atomic E-state index is 12.7. The molecule has 116 valence electrons. The third-order valence-corrected chi connectivity index (χ3v) is 6.01. The van der Waals surface area contributed by atoms with Crippen LogP contribution in [0.25, 0.3) is 0 Å². The molecule has 0 aliphatic carbocycles. The van der Waals surface area contributed by atoms with Crippen LogP contribution >= 0.6 is 0 Å². The minimum Gasteiger partial charge on any atom is -0.478 e. The summed E-state index contributed by atoms with van der Waals surface area (Å²) in [5.74, 6) is -0.704. The number of rotatable bonds is 5. The normalized spacial score (nSPS) is 19.8. The lowest BCUT2D eigenvalue weighted by molar-refractivity contribution is 0.0696. The van der Waals surface area contributed by atoms with Crippen LogP contribution in [0.5, 0.6) is 0 Å². The number of carbonyl (C=O) groups is 1. The van der Waals surface area contributed by atoms with Gasteiger partial charge in [-0.05, 0) is 43.4 Å². The fourth-order valence-corrected chi connectivity index (χ4v) is 4.59. The summed E-state index contributed by atoms with van der Waals surface area (Å²) in [6.07, 6.45) is 2.96. The first-order valence-electron chi connectivity index (χ1n) is 7.20. The van der Waals surface area contributed by atoms with E-state index in [9.17, 15) is 13.2 Å². The summed E-state index contributed by atoms with van der Waals surface area (Å²) in [5, 5.41) is 9.03. The number of benzene rings is 1. The molecule has 0 spiro atoms. The molecule has 1 aliphatic rings. The van der Waals surface area contributed by atoms with Gasteiger partial charge in [0.15, 0.2) is 0 Å². The van der Waals surface area contributed by atoms with E-state index in [2.05, 4.69) is 6.92 Å². The minimum atomic E-state index is -3.61. The summed E-state index contributed by atoms with van der Waals surface area (Å²) in [7, 11) is -3.61. The number of carboxylic acids is 1. The van der Waals surface area contributed by atoms with Gasteiger partial charge in [0.25, 0.3) is 0 Å². The average Bonchev–Trinajstić information content (AvgIpc) is 2.88. The Bertz CT molecular complexity index is 639. The standard InChI is InChI=1S/C15H21NO4S/c1-3-4-12-7-8-16(10-12)21(19,20)14-9-13(15(17)18)6-5-11(14)2/h5-6,9,12H,3-4,7-8,10H2,1-2H3,(H,17,18). The van der Waals surface area contributed by atoms with E-state index >= 15 is 0 Å². The average molecular weight is 311 g/mol. The number of nitrogens with zero attached hydrogens (tertiary/aromatic N) is 1. The van der Waals surface area contributed by atoms with Crippen LogP contribution in [0.15, 0.2) is 23.1 Å². The van der Waals surface area contributed by atoms with Gasteiger partial charge in [-0.25, -0.2) is 13.2 Å². The van der Waals surface area contributed by atoms with Crippen molar-refractivity contribution in [2.24, 2.45) is 5.92 Å². The molecule has 1 atom stereocenters. The number of aromatic carboxylic acids is 1. The highest BCUT2D eigenvalue weighted by Gasteiger charge is 2.33. The fraction of sp³-hybridized carbons (Fsp3) is 0.533. The van der Waals surface area contributed by atoms with E-state index in [4.69, 9.17) is 5.11 Å². The molecule has 1 aromatic carbocycles. The van der Waals surface area contributed by atoms with E-state index in [1.165, 1.54) is 16.4 Å². The molecular formula is C15H21NO4S. The molecule has 1 heterocycles. The predicted octanol–water partition coefficient (Wildman–Crippen LogP) is 2.50. The van der Waals surface area contributed by atoms with Crippen molar-refractivity contribution in [2.75, 3.05) is 13.1 Å². The van der Waals surface area contributed by atoms with Gasteiger partial charge in [0.05, 0.1) is 10.5 Å². The van der Waals surface area contributed by atoms with Gasteiger partial charge in [-0.1, -0.05) is 19.4 Å². The molecular weight excluding hydrogens is 290 g/mol. The van der Waals surface area contributed by atoms with E-state index < -0.39 is 16.0 Å². The van der Waals surface area contributed by atoms with Crippen LogP contribution in [0.3, 0.4) is 0 Å². The van der Waals surface area contributed by atoms with Crippen LogP contribution in [0.4, 0.5) is 0 Å². The molecule has 0 bridgehead atoms. The molecule has 6 heteroatoms. The summed E-state index contributed by atoms with van der Waals surface area (Å²) in [6.45, 7) is 4.84. The van der Waals surface area contributed by atoms with Crippen molar-refractivity contribution in [1.82, 2.24) is 4.31 Å². The van der Waals surface area contributed by atoms with Crippen LogP contribution in [0, 0.1) is 12.8 Å². The van der Waals surface area contributed by atoms with E-state index in [1.807, 2.05) is 0 Å². The van der Waals surface area contributed by atoms with E-state index in [1.54, 1.807) is 13.0 Å². The van der Waals surface area contributed by atoms with Crippen LogP contribution in [-0.4, -0.2) is 36.9 Å². The Morgan fingerprint density at radius 3 is 2.76 bits per heavy atom. The Morgan fingerprint density at radius 2 is 2.14 bits per heavy atom. The summed E-state index contributed by atoms with van der Waals surface area (Å²) in [4.78, 5) is 11.2. The number of hydrogen-bond donors (Lipinski definition) is 1. The van der Waals surface area contributed by atoms with E-state index in [0.717, 1.165) is 19.3 Å². The van der Waals surface area contributed by atoms with E-state index in [-0.39, 0.29) is 10.5 Å². The third kappa shape index (κ3) is 3.27. The van der Waals surface area contributed by atoms with Crippen molar-refractivity contribution in [1.29, 1.82) is 0 Å².